The van der Waals surface area contributed by atoms with Crippen molar-refractivity contribution in [3.8, 4) is 0 Å². The maximum Gasteiger partial charge on any atom is 0.166 e. The second kappa shape index (κ2) is 3.55. The molecule has 0 amide bonds. The minimum atomic E-state index is 0.238. The summed E-state index contributed by atoms with van der Waals surface area (Å²) in [4.78, 5) is 12.4. The second-order valence-electron chi connectivity index (χ2n) is 5.35. The van der Waals surface area contributed by atoms with E-state index in [1.54, 1.807) is 0 Å². The Labute approximate surface area is 106 Å². The van der Waals surface area contributed by atoms with Crippen LogP contribution in [0.2, 0.25) is 0 Å². The lowest BCUT2D eigenvalue weighted by Gasteiger charge is -2.06. The van der Waals surface area contributed by atoms with Crippen LogP contribution in [0.1, 0.15) is 27.4 Å². The predicted molar refractivity (Wildman–Crippen MR) is 70.6 cm³/mol. The van der Waals surface area contributed by atoms with Crippen LogP contribution in [0.3, 0.4) is 0 Å². The lowest BCUT2D eigenvalue weighted by atomic mass is 9.97. The standard InChI is InChI=1S/C17H14O/c18-17(11-6-2-1-3-7-11)16-14-10-12-8-4-5-9-13(12)15(14)16/h1-9,14-16H,10H2/t14-,15+,16-/m1/s1. The van der Waals surface area contributed by atoms with Gasteiger partial charge in [0.05, 0.1) is 0 Å². The molecule has 0 saturated heterocycles. The Bertz CT molecular complexity index is 615. The molecule has 2 aromatic carbocycles. The zero-order chi connectivity index (χ0) is 12.1. The molecule has 1 heteroatoms. The molecule has 0 bridgehead atoms. The van der Waals surface area contributed by atoms with Gasteiger partial charge in [-0.15, -0.1) is 0 Å². The largest absolute Gasteiger partial charge is 0.294 e. The number of carbonyl (C=O) groups is 1. The van der Waals surface area contributed by atoms with E-state index in [0.29, 0.717) is 17.6 Å². The van der Waals surface area contributed by atoms with Crippen LogP contribution >= 0.6 is 0 Å². The van der Waals surface area contributed by atoms with Crippen LogP contribution in [0.5, 0.6) is 0 Å². The molecule has 1 saturated carbocycles. The van der Waals surface area contributed by atoms with Crippen molar-refractivity contribution in [3.05, 3.63) is 71.3 Å². The first kappa shape index (κ1) is 10.1. The van der Waals surface area contributed by atoms with Crippen molar-refractivity contribution in [2.75, 3.05) is 0 Å². The maximum absolute atomic E-state index is 12.4. The van der Waals surface area contributed by atoms with Gasteiger partial charge in [-0.1, -0.05) is 54.6 Å². The Kier molecular flexibility index (Phi) is 1.99. The van der Waals surface area contributed by atoms with Crippen molar-refractivity contribution in [2.24, 2.45) is 11.8 Å². The van der Waals surface area contributed by atoms with Crippen molar-refractivity contribution in [1.82, 2.24) is 0 Å². The summed E-state index contributed by atoms with van der Waals surface area (Å²) in [6, 6.07) is 18.3. The molecule has 2 aromatic rings. The minimum Gasteiger partial charge on any atom is -0.294 e. The Morgan fingerprint density at radius 3 is 2.50 bits per heavy atom. The molecule has 0 aliphatic heterocycles. The summed E-state index contributed by atoms with van der Waals surface area (Å²) < 4.78 is 0. The summed E-state index contributed by atoms with van der Waals surface area (Å²) in [7, 11) is 0. The molecule has 4 rings (SSSR count). The van der Waals surface area contributed by atoms with Gasteiger partial charge in [0, 0.05) is 11.5 Å². The van der Waals surface area contributed by atoms with Crippen molar-refractivity contribution in [2.45, 2.75) is 12.3 Å². The first-order valence-electron chi connectivity index (χ1n) is 6.53. The molecule has 2 aliphatic rings. The molecular formula is C17H14O. The van der Waals surface area contributed by atoms with Crippen molar-refractivity contribution in [3.63, 3.8) is 0 Å². The van der Waals surface area contributed by atoms with E-state index in [9.17, 15) is 4.79 Å². The van der Waals surface area contributed by atoms with E-state index in [1.807, 2.05) is 30.3 Å². The highest BCUT2D eigenvalue weighted by Crippen LogP contribution is 2.62. The lowest BCUT2D eigenvalue weighted by Crippen LogP contribution is -2.07. The second-order valence-corrected chi connectivity index (χ2v) is 5.35. The summed E-state index contributed by atoms with van der Waals surface area (Å²) in [5.41, 5.74) is 3.73. The molecule has 0 heterocycles. The third-order valence-electron chi connectivity index (χ3n) is 4.40. The molecule has 1 nitrogen and oxygen atoms in total. The number of Topliss-reactive ketones (excluding diaryl/α,β-unsaturated/α-hetero) is 1. The number of rotatable bonds is 2. The van der Waals surface area contributed by atoms with Crippen LogP contribution in [0.25, 0.3) is 0 Å². The number of fused-ring (bicyclic) bond motifs is 3. The lowest BCUT2D eigenvalue weighted by molar-refractivity contribution is 0.0958. The first-order valence-corrected chi connectivity index (χ1v) is 6.53. The van der Waals surface area contributed by atoms with E-state index in [4.69, 9.17) is 0 Å². The van der Waals surface area contributed by atoms with Gasteiger partial charge < -0.3 is 0 Å². The van der Waals surface area contributed by atoms with Crippen LogP contribution in [0.4, 0.5) is 0 Å². The van der Waals surface area contributed by atoms with Crippen LogP contribution in [-0.4, -0.2) is 5.78 Å². The smallest absolute Gasteiger partial charge is 0.166 e. The molecular weight excluding hydrogens is 220 g/mol. The molecule has 0 aromatic heterocycles. The predicted octanol–water partition coefficient (Wildman–Crippen LogP) is 3.46. The maximum atomic E-state index is 12.4. The summed E-state index contributed by atoms with van der Waals surface area (Å²) in [6.07, 6.45) is 1.09. The van der Waals surface area contributed by atoms with Crippen LogP contribution in [0, 0.1) is 11.8 Å². The normalized spacial score (nSPS) is 27.4. The third kappa shape index (κ3) is 1.30. The molecule has 0 spiro atoms. The molecule has 2 aliphatic carbocycles. The SMILES string of the molecule is O=C(c1ccccc1)[C@@H]1[C@@H]2Cc3ccccc3[C@@H]21. The Morgan fingerprint density at radius 1 is 0.944 bits per heavy atom. The Hall–Kier alpha value is -1.89. The number of benzene rings is 2. The van der Waals surface area contributed by atoms with Crippen molar-refractivity contribution >= 4 is 5.78 Å². The average Bonchev–Trinajstić information content (AvgIpc) is 3.01. The Balaban J connectivity index is 1.64. The number of hydrogen-bond donors (Lipinski definition) is 0. The minimum absolute atomic E-state index is 0.238. The van der Waals surface area contributed by atoms with Gasteiger partial charge in [0.2, 0.25) is 0 Å². The van der Waals surface area contributed by atoms with Gasteiger partial charge in [0.15, 0.2) is 5.78 Å². The van der Waals surface area contributed by atoms with Crippen LogP contribution in [-0.2, 0) is 6.42 Å². The number of carbonyl (C=O) groups excluding carboxylic acids is 1. The summed E-state index contributed by atoms with van der Waals surface area (Å²) in [6.45, 7) is 0. The van der Waals surface area contributed by atoms with Gasteiger partial charge in [-0.25, -0.2) is 0 Å². The van der Waals surface area contributed by atoms with Gasteiger partial charge in [-0.3, -0.25) is 4.79 Å². The summed E-state index contributed by atoms with van der Waals surface area (Å²) in [5.74, 6) is 1.63. The fourth-order valence-electron chi connectivity index (χ4n) is 3.50. The van der Waals surface area contributed by atoms with Crippen LogP contribution < -0.4 is 0 Å². The molecule has 3 atom stereocenters. The average molecular weight is 234 g/mol. The van der Waals surface area contributed by atoms with Gasteiger partial charge in [0.1, 0.15) is 0 Å². The highest BCUT2D eigenvalue weighted by Gasteiger charge is 2.58. The van der Waals surface area contributed by atoms with Gasteiger partial charge in [-0.2, -0.15) is 0 Å². The molecule has 0 radical (unpaired) electrons. The van der Waals surface area contributed by atoms with E-state index in [0.717, 1.165) is 12.0 Å². The zero-order valence-electron chi connectivity index (χ0n) is 10.0. The van der Waals surface area contributed by atoms with Crippen LogP contribution in [0.15, 0.2) is 54.6 Å². The zero-order valence-corrected chi connectivity index (χ0v) is 10.0. The third-order valence-corrected chi connectivity index (χ3v) is 4.40. The van der Waals surface area contributed by atoms with Crippen molar-refractivity contribution < 1.29 is 4.79 Å². The number of ketones is 1. The molecule has 1 fully saturated rings. The van der Waals surface area contributed by atoms with Crippen molar-refractivity contribution in [1.29, 1.82) is 0 Å². The fraction of sp³-hybridized carbons (Fsp3) is 0.235. The highest BCUT2D eigenvalue weighted by molar-refractivity contribution is 6.01. The van der Waals surface area contributed by atoms with Gasteiger partial charge in [0.25, 0.3) is 0 Å². The van der Waals surface area contributed by atoms with E-state index in [-0.39, 0.29) is 5.92 Å². The molecule has 88 valence electrons. The summed E-state index contributed by atoms with van der Waals surface area (Å²) >= 11 is 0. The highest BCUT2D eigenvalue weighted by atomic mass is 16.1. The Morgan fingerprint density at radius 2 is 1.67 bits per heavy atom. The monoisotopic (exact) mass is 234 g/mol. The molecule has 0 N–H and O–H groups in total. The topological polar surface area (TPSA) is 17.1 Å². The first-order chi connectivity index (χ1) is 8.86. The molecule has 0 unspecified atom stereocenters. The summed E-state index contributed by atoms with van der Waals surface area (Å²) in [5, 5.41) is 0. The van der Waals surface area contributed by atoms with E-state index in [1.165, 1.54) is 11.1 Å². The molecule has 18 heavy (non-hydrogen) atoms. The van der Waals surface area contributed by atoms with E-state index in [2.05, 4.69) is 24.3 Å². The fourth-order valence-corrected chi connectivity index (χ4v) is 3.50. The van der Waals surface area contributed by atoms with Gasteiger partial charge >= 0.3 is 0 Å². The number of hydrogen-bond acceptors (Lipinski definition) is 1. The van der Waals surface area contributed by atoms with E-state index < -0.39 is 0 Å². The van der Waals surface area contributed by atoms with Gasteiger partial charge in [-0.05, 0) is 29.4 Å². The van der Waals surface area contributed by atoms with E-state index >= 15 is 0 Å². The quantitative estimate of drug-likeness (QED) is 0.727.